The Hall–Kier alpha value is -2.54. The number of hydrogen-bond acceptors (Lipinski definition) is 6. The van der Waals surface area contributed by atoms with Crippen LogP contribution < -0.4 is 10.2 Å². The van der Waals surface area contributed by atoms with Crippen LogP contribution in [0.3, 0.4) is 0 Å². The molecule has 1 N–H and O–H groups in total. The van der Waals surface area contributed by atoms with Gasteiger partial charge in [0.15, 0.2) is 5.82 Å². The predicted octanol–water partition coefficient (Wildman–Crippen LogP) is 2.57. The number of amides is 1. The minimum absolute atomic E-state index is 0.0152. The molecule has 0 saturated heterocycles. The van der Waals surface area contributed by atoms with Crippen LogP contribution in [0.1, 0.15) is 6.92 Å². The molecule has 0 aliphatic heterocycles. The Balaban J connectivity index is 1.96. The normalized spacial score (nSPS) is 12.1. The van der Waals surface area contributed by atoms with Crippen molar-refractivity contribution in [2.24, 2.45) is 5.92 Å². The maximum atomic E-state index is 11.8. The van der Waals surface area contributed by atoms with Gasteiger partial charge in [0.05, 0.1) is 5.92 Å². The van der Waals surface area contributed by atoms with Gasteiger partial charge in [0.2, 0.25) is 5.91 Å². The highest BCUT2D eigenvalue weighted by Crippen LogP contribution is 2.33. The number of carbonyl (C=O) groups excluding carboxylic acids is 1. The molecule has 6 nitrogen and oxygen atoms in total. The molecule has 0 unspecified atom stereocenters. The second-order valence-corrected chi connectivity index (χ2v) is 6.44. The molecule has 3 rings (SSSR count). The molecule has 0 fully saturated rings. The highest BCUT2D eigenvalue weighted by atomic mass is 32.1. The lowest BCUT2D eigenvalue weighted by Crippen LogP contribution is -2.34. The topological polar surface area (TPSA) is 71.0 Å². The zero-order valence-corrected chi connectivity index (χ0v) is 14.7. The molecule has 2 heterocycles. The summed E-state index contributed by atoms with van der Waals surface area (Å²) in [4.78, 5) is 22.6. The van der Waals surface area contributed by atoms with Gasteiger partial charge in [-0.15, -0.1) is 0 Å². The molecule has 0 saturated carbocycles. The van der Waals surface area contributed by atoms with Crippen LogP contribution in [0.15, 0.2) is 36.7 Å². The lowest BCUT2D eigenvalue weighted by molar-refractivity contribution is -0.123. The fraction of sp³-hybridized carbons (Fsp3) is 0.294. The fourth-order valence-electron chi connectivity index (χ4n) is 2.64. The molecular weight excluding hydrogens is 322 g/mol. The smallest absolute Gasteiger partial charge is 0.224 e. The Kier molecular flexibility index (Phi) is 4.71. The molecule has 24 heavy (non-hydrogen) atoms. The number of benzene rings is 1. The standard InChI is InChI=1S/C17H19N5OS/c1-11(17(23)18-2)9-22(3)16-15-14(19-10-20-16)13(21-24-15)12-7-5-4-6-8-12/h4-8,10-11H,9H2,1-3H3,(H,18,23)/t11-/m0/s1. The van der Waals surface area contributed by atoms with Crippen molar-refractivity contribution in [3.8, 4) is 11.3 Å². The van der Waals surface area contributed by atoms with Crippen LogP contribution >= 0.6 is 11.5 Å². The Morgan fingerprint density at radius 3 is 2.75 bits per heavy atom. The van der Waals surface area contributed by atoms with Gasteiger partial charge in [-0.05, 0) is 11.5 Å². The summed E-state index contributed by atoms with van der Waals surface area (Å²) in [5, 5.41) is 2.68. The third-order valence-corrected chi connectivity index (χ3v) is 4.72. The van der Waals surface area contributed by atoms with Gasteiger partial charge in [-0.3, -0.25) is 4.79 Å². The first-order valence-electron chi connectivity index (χ1n) is 7.70. The van der Waals surface area contributed by atoms with E-state index in [4.69, 9.17) is 0 Å². The molecule has 124 valence electrons. The van der Waals surface area contributed by atoms with Crippen LogP contribution in [-0.2, 0) is 4.79 Å². The highest BCUT2D eigenvalue weighted by molar-refractivity contribution is 7.14. The van der Waals surface area contributed by atoms with E-state index in [1.807, 2.05) is 49.2 Å². The maximum absolute atomic E-state index is 11.8. The summed E-state index contributed by atoms with van der Waals surface area (Å²) in [5.74, 6) is 0.684. The second-order valence-electron chi connectivity index (χ2n) is 5.67. The van der Waals surface area contributed by atoms with Gasteiger partial charge in [0.1, 0.15) is 22.2 Å². The third-order valence-electron chi connectivity index (χ3n) is 3.89. The monoisotopic (exact) mass is 341 g/mol. The first kappa shape index (κ1) is 16.3. The number of nitrogens with zero attached hydrogens (tertiary/aromatic N) is 4. The van der Waals surface area contributed by atoms with E-state index in [1.54, 1.807) is 13.4 Å². The van der Waals surface area contributed by atoms with Crippen molar-refractivity contribution in [3.63, 3.8) is 0 Å². The van der Waals surface area contributed by atoms with Crippen molar-refractivity contribution in [3.05, 3.63) is 36.7 Å². The van der Waals surface area contributed by atoms with Gasteiger partial charge in [0, 0.05) is 26.2 Å². The number of fused-ring (bicyclic) bond motifs is 1. The number of rotatable bonds is 5. The van der Waals surface area contributed by atoms with Crippen molar-refractivity contribution >= 4 is 33.5 Å². The van der Waals surface area contributed by atoms with Crippen molar-refractivity contribution in [2.75, 3.05) is 25.5 Å². The molecular formula is C17H19N5OS. The zero-order chi connectivity index (χ0) is 17.1. The van der Waals surface area contributed by atoms with Crippen molar-refractivity contribution in [2.45, 2.75) is 6.92 Å². The average Bonchev–Trinajstić information content (AvgIpc) is 3.05. The van der Waals surface area contributed by atoms with Gasteiger partial charge in [-0.1, -0.05) is 37.3 Å². The van der Waals surface area contributed by atoms with Crippen molar-refractivity contribution in [1.82, 2.24) is 19.7 Å². The minimum Gasteiger partial charge on any atom is -0.359 e. The molecule has 1 aromatic carbocycles. The van der Waals surface area contributed by atoms with E-state index in [2.05, 4.69) is 19.7 Å². The number of carbonyl (C=O) groups is 1. The minimum atomic E-state index is -0.133. The SMILES string of the molecule is CNC(=O)[C@@H](C)CN(C)c1ncnc2c(-c3ccccc3)nsc12. The van der Waals surface area contributed by atoms with Gasteiger partial charge in [-0.2, -0.15) is 4.37 Å². The van der Waals surface area contributed by atoms with Crippen LogP contribution in [0.25, 0.3) is 21.5 Å². The quantitative estimate of drug-likeness (QED) is 0.772. The first-order valence-corrected chi connectivity index (χ1v) is 8.47. The predicted molar refractivity (Wildman–Crippen MR) is 97.1 cm³/mol. The van der Waals surface area contributed by atoms with Gasteiger partial charge < -0.3 is 10.2 Å². The third kappa shape index (κ3) is 3.07. The summed E-state index contributed by atoms with van der Waals surface area (Å²) in [6.45, 7) is 2.47. The molecule has 0 aliphatic rings. The Morgan fingerprint density at radius 2 is 2.04 bits per heavy atom. The molecule has 0 spiro atoms. The first-order chi connectivity index (χ1) is 11.6. The van der Waals surface area contributed by atoms with E-state index >= 15 is 0 Å². The van der Waals surface area contributed by atoms with Crippen LogP contribution in [0.5, 0.6) is 0 Å². The lowest BCUT2D eigenvalue weighted by atomic mass is 10.1. The molecule has 7 heteroatoms. The number of hydrogen-bond donors (Lipinski definition) is 1. The van der Waals surface area contributed by atoms with Gasteiger partial charge in [0.25, 0.3) is 0 Å². The lowest BCUT2D eigenvalue weighted by Gasteiger charge is -2.21. The molecule has 0 aliphatic carbocycles. The maximum Gasteiger partial charge on any atom is 0.224 e. The van der Waals surface area contributed by atoms with E-state index < -0.39 is 0 Å². The summed E-state index contributed by atoms with van der Waals surface area (Å²) in [5.41, 5.74) is 2.75. The summed E-state index contributed by atoms with van der Waals surface area (Å²) in [6, 6.07) is 9.99. The molecule has 3 aromatic rings. The summed E-state index contributed by atoms with van der Waals surface area (Å²) in [6.07, 6.45) is 1.56. The second kappa shape index (κ2) is 6.92. The summed E-state index contributed by atoms with van der Waals surface area (Å²) >= 11 is 1.39. The number of nitrogens with one attached hydrogen (secondary N) is 1. The Labute approximate surface area is 144 Å². The van der Waals surface area contributed by atoms with Crippen LogP contribution in [0.2, 0.25) is 0 Å². The van der Waals surface area contributed by atoms with Crippen molar-refractivity contribution < 1.29 is 4.79 Å². The van der Waals surface area contributed by atoms with E-state index in [9.17, 15) is 4.79 Å². The molecule has 1 amide bonds. The summed E-state index contributed by atoms with van der Waals surface area (Å²) in [7, 11) is 3.58. The average molecular weight is 341 g/mol. The Bertz CT molecular complexity index is 849. The number of aromatic nitrogens is 3. The number of anilines is 1. The zero-order valence-electron chi connectivity index (χ0n) is 13.9. The largest absolute Gasteiger partial charge is 0.359 e. The fourth-order valence-corrected chi connectivity index (χ4v) is 3.54. The highest BCUT2D eigenvalue weighted by Gasteiger charge is 2.19. The summed E-state index contributed by atoms with van der Waals surface area (Å²) < 4.78 is 5.51. The van der Waals surface area contributed by atoms with E-state index in [0.29, 0.717) is 6.54 Å². The van der Waals surface area contributed by atoms with Gasteiger partial charge in [-0.25, -0.2) is 9.97 Å². The van der Waals surface area contributed by atoms with Crippen molar-refractivity contribution in [1.29, 1.82) is 0 Å². The molecule has 1 atom stereocenters. The van der Waals surface area contributed by atoms with Crippen LogP contribution in [-0.4, -0.2) is 40.9 Å². The van der Waals surface area contributed by atoms with Crippen LogP contribution in [0.4, 0.5) is 5.82 Å². The van der Waals surface area contributed by atoms with E-state index in [0.717, 1.165) is 27.3 Å². The molecule has 0 bridgehead atoms. The molecule has 0 radical (unpaired) electrons. The van der Waals surface area contributed by atoms with Gasteiger partial charge >= 0.3 is 0 Å². The molecule has 2 aromatic heterocycles. The Morgan fingerprint density at radius 1 is 1.29 bits per heavy atom. The van der Waals surface area contributed by atoms with E-state index in [-0.39, 0.29) is 11.8 Å². The van der Waals surface area contributed by atoms with Crippen LogP contribution in [0, 0.1) is 5.92 Å². The van der Waals surface area contributed by atoms with E-state index in [1.165, 1.54) is 11.5 Å².